The largest absolute Gasteiger partial charge is 0.463 e. The summed E-state index contributed by atoms with van der Waals surface area (Å²) in [4.78, 5) is 25.0. The zero-order valence-corrected chi connectivity index (χ0v) is 16.8. The lowest BCUT2D eigenvalue weighted by Crippen LogP contribution is -2.30. The molecule has 146 valence electrons. The number of carbonyl (C=O) groups is 2. The first-order valence-corrected chi connectivity index (χ1v) is 11.6. The van der Waals surface area contributed by atoms with E-state index >= 15 is 0 Å². The molecule has 1 aliphatic heterocycles. The van der Waals surface area contributed by atoms with Crippen LogP contribution in [0.3, 0.4) is 0 Å². The Hall–Kier alpha value is -1.80. The topological polar surface area (TPSA) is 89.5 Å². The number of ether oxygens (including phenoxy) is 1. The van der Waals surface area contributed by atoms with E-state index in [9.17, 15) is 18.0 Å². The lowest BCUT2D eigenvalue weighted by Gasteiger charge is -2.25. The molecular formula is C19H23NO5S2. The smallest absolute Gasteiger partial charge is 0.336 e. The van der Waals surface area contributed by atoms with Crippen LogP contribution < -0.4 is 5.32 Å². The summed E-state index contributed by atoms with van der Waals surface area (Å²) in [6.07, 6.45) is 3.98. The van der Waals surface area contributed by atoms with Crippen LogP contribution in [0.25, 0.3) is 0 Å². The van der Waals surface area contributed by atoms with Crippen molar-refractivity contribution in [3.8, 4) is 0 Å². The Bertz CT molecular complexity index is 848. The van der Waals surface area contributed by atoms with Gasteiger partial charge in [-0.25, -0.2) is 13.2 Å². The molecule has 1 heterocycles. The van der Waals surface area contributed by atoms with E-state index in [0.29, 0.717) is 10.6 Å². The van der Waals surface area contributed by atoms with Crippen LogP contribution in [-0.2, 0) is 24.2 Å². The maximum absolute atomic E-state index is 12.4. The first-order valence-electron chi connectivity index (χ1n) is 9.08. The number of amides is 1. The quantitative estimate of drug-likeness (QED) is 0.727. The molecule has 0 aromatic heterocycles. The molecule has 1 aliphatic carbocycles. The van der Waals surface area contributed by atoms with Crippen molar-refractivity contribution in [2.24, 2.45) is 5.92 Å². The Morgan fingerprint density at radius 2 is 1.89 bits per heavy atom. The van der Waals surface area contributed by atoms with Gasteiger partial charge in [0.05, 0.1) is 22.1 Å². The van der Waals surface area contributed by atoms with Crippen LogP contribution in [0, 0.1) is 5.92 Å². The minimum atomic E-state index is -3.74. The molecule has 1 saturated carbocycles. The van der Waals surface area contributed by atoms with Crippen LogP contribution in [0.1, 0.15) is 32.6 Å². The zero-order valence-electron chi connectivity index (χ0n) is 15.1. The number of carbonyl (C=O) groups excluding carboxylic acids is 2. The maximum atomic E-state index is 12.4. The van der Waals surface area contributed by atoms with Crippen LogP contribution in [0.15, 0.2) is 45.8 Å². The standard InChI is InChI=1S/C19H23NO5S2/c1-2-25-19(22)17-14-10-6-7-11-15(14)26-18(17)20-16(21)12-27(23,24)13-8-4-3-5-9-13/h3-5,8-9,14-15H,2,6-7,10-12H2,1H3,(H,20,21). The van der Waals surface area contributed by atoms with Crippen LogP contribution in [0.4, 0.5) is 0 Å². The van der Waals surface area contributed by atoms with Gasteiger partial charge in [-0.15, -0.1) is 11.8 Å². The van der Waals surface area contributed by atoms with Crippen LogP contribution >= 0.6 is 11.8 Å². The number of nitrogens with one attached hydrogen (secondary N) is 1. The van der Waals surface area contributed by atoms with Gasteiger partial charge in [-0.05, 0) is 31.9 Å². The van der Waals surface area contributed by atoms with Gasteiger partial charge in [-0.2, -0.15) is 0 Å². The second-order valence-electron chi connectivity index (χ2n) is 6.63. The van der Waals surface area contributed by atoms with E-state index in [4.69, 9.17) is 4.74 Å². The summed E-state index contributed by atoms with van der Waals surface area (Å²) >= 11 is 1.46. The Labute approximate surface area is 163 Å². The highest BCUT2D eigenvalue weighted by Gasteiger charge is 2.41. The molecule has 3 rings (SSSR count). The molecule has 1 aromatic rings. The highest BCUT2D eigenvalue weighted by molar-refractivity contribution is 8.04. The molecule has 6 nitrogen and oxygen atoms in total. The Morgan fingerprint density at radius 1 is 1.19 bits per heavy atom. The third kappa shape index (κ3) is 4.55. The van der Waals surface area contributed by atoms with Crippen LogP contribution in [0.2, 0.25) is 0 Å². The summed E-state index contributed by atoms with van der Waals surface area (Å²) in [5.74, 6) is -1.65. The number of thioether (sulfide) groups is 1. The van der Waals surface area contributed by atoms with Gasteiger partial charge in [0.2, 0.25) is 5.91 Å². The van der Waals surface area contributed by atoms with Crippen molar-refractivity contribution < 1.29 is 22.7 Å². The van der Waals surface area contributed by atoms with Crippen molar-refractivity contribution >= 4 is 33.5 Å². The van der Waals surface area contributed by atoms with Crippen molar-refractivity contribution in [2.45, 2.75) is 42.8 Å². The van der Waals surface area contributed by atoms with E-state index in [1.54, 1.807) is 25.1 Å². The number of benzene rings is 1. The van der Waals surface area contributed by atoms with E-state index in [1.165, 1.54) is 23.9 Å². The van der Waals surface area contributed by atoms with Gasteiger partial charge in [0.15, 0.2) is 9.84 Å². The fraction of sp³-hybridized carbons (Fsp3) is 0.474. The molecule has 2 unspecified atom stereocenters. The van der Waals surface area contributed by atoms with Gasteiger partial charge < -0.3 is 10.1 Å². The van der Waals surface area contributed by atoms with Crippen LogP contribution in [-0.4, -0.2) is 37.9 Å². The first-order chi connectivity index (χ1) is 12.9. The molecule has 0 bridgehead atoms. The molecule has 8 heteroatoms. The Kier molecular flexibility index (Phi) is 6.26. The third-order valence-corrected chi connectivity index (χ3v) is 7.82. The number of hydrogen-bond donors (Lipinski definition) is 1. The fourth-order valence-corrected chi connectivity index (χ4v) is 6.26. The van der Waals surface area contributed by atoms with E-state index in [-0.39, 0.29) is 22.7 Å². The third-order valence-electron chi connectivity index (χ3n) is 4.76. The minimum Gasteiger partial charge on any atom is -0.463 e. The Balaban J connectivity index is 1.78. The molecular weight excluding hydrogens is 386 g/mol. The summed E-state index contributed by atoms with van der Waals surface area (Å²) in [6, 6.07) is 7.87. The normalized spacial score (nSPS) is 22.3. The molecule has 1 amide bonds. The maximum Gasteiger partial charge on any atom is 0.336 e. The van der Waals surface area contributed by atoms with Crippen LogP contribution in [0.5, 0.6) is 0 Å². The minimum absolute atomic E-state index is 0.0591. The average molecular weight is 410 g/mol. The van der Waals surface area contributed by atoms with Crippen molar-refractivity contribution in [1.29, 1.82) is 0 Å². The lowest BCUT2D eigenvalue weighted by atomic mass is 9.84. The summed E-state index contributed by atoms with van der Waals surface area (Å²) in [7, 11) is -3.74. The predicted octanol–water partition coefficient (Wildman–Crippen LogP) is 2.66. The predicted molar refractivity (Wildman–Crippen MR) is 104 cm³/mol. The van der Waals surface area contributed by atoms with Crippen molar-refractivity contribution in [3.05, 3.63) is 40.9 Å². The van der Waals surface area contributed by atoms with E-state index < -0.39 is 27.5 Å². The van der Waals surface area contributed by atoms with E-state index in [2.05, 4.69) is 5.32 Å². The second kappa shape index (κ2) is 8.48. The van der Waals surface area contributed by atoms with Gasteiger partial charge >= 0.3 is 5.97 Å². The Morgan fingerprint density at radius 3 is 2.59 bits per heavy atom. The van der Waals surface area contributed by atoms with Gasteiger partial charge in [-0.1, -0.05) is 31.0 Å². The molecule has 1 N–H and O–H groups in total. The van der Waals surface area contributed by atoms with Crippen molar-refractivity contribution in [1.82, 2.24) is 5.32 Å². The number of rotatable bonds is 6. The molecule has 2 atom stereocenters. The highest BCUT2D eigenvalue weighted by atomic mass is 32.2. The SMILES string of the molecule is CCOC(=O)C1=C(NC(=O)CS(=O)(=O)c2ccccc2)SC2CCCCC12. The number of sulfone groups is 1. The second-order valence-corrected chi connectivity index (χ2v) is 9.87. The first kappa shape index (κ1) is 19.9. The summed E-state index contributed by atoms with van der Waals surface area (Å²) in [5, 5.41) is 3.37. The zero-order chi connectivity index (χ0) is 19.4. The fourth-order valence-electron chi connectivity index (χ4n) is 3.55. The molecule has 0 spiro atoms. The molecule has 2 aliphatic rings. The van der Waals surface area contributed by atoms with Gasteiger partial charge in [0.1, 0.15) is 5.75 Å². The summed E-state index contributed by atoms with van der Waals surface area (Å²) in [5.41, 5.74) is 0.497. The van der Waals surface area contributed by atoms with Gasteiger partial charge in [0, 0.05) is 11.2 Å². The lowest BCUT2D eigenvalue weighted by molar-refractivity contribution is -0.139. The monoisotopic (exact) mass is 409 g/mol. The molecule has 1 aromatic carbocycles. The van der Waals surface area contributed by atoms with E-state index in [1.807, 2.05) is 0 Å². The summed E-state index contributed by atoms with van der Waals surface area (Å²) in [6.45, 7) is 2.00. The average Bonchev–Trinajstić information content (AvgIpc) is 2.99. The number of esters is 1. The number of fused-ring (bicyclic) bond motifs is 1. The highest BCUT2D eigenvalue weighted by Crippen LogP contribution is 2.48. The molecule has 0 saturated heterocycles. The van der Waals surface area contributed by atoms with E-state index in [0.717, 1.165) is 25.7 Å². The summed E-state index contributed by atoms with van der Waals surface area (Å²) < 4.78 is 30.0. The molecule has 0 radical (unpaired) electrons. The molecule has 27 heavy (non-hydrogen) atoms. The van der Waals surface area contributed by atoms with Gasteiger partial charge in [-0.3, -0.25) is 4.79 Å². The van der Waals surface area contributed by atoms with Crippen molar-refractivity contribution in [2.75, 3.05) is 12.4 Å². The number of hydrogen-bond acceptors (Lipinski definition) is 6. The molecule has 1 fully saturated rings. The van der Waals surface area contributed by atoms with Gasteiger partial charge in [0.25, 0.3) is 0 Å². The van der Waals surface area contributed by atoms with Crippen molar-refractivity contribution in [3.63, 3.8) is 0 Å².